The minimum Gasteiger partial charge on any atom is -0.490 e. The Balaban J connectivity index is 2.20. The standard InChI is InChI=1S/C12H13BrO3/c1-10(9-13)12(14)16-8-7-15-11-5-3-2-4-6-11/h2-6,9H,7-8H2,1H3/b10-9+. The molecular weight excluding hydrogens is 272 g/mol. The van der Waals surface area contributed by atoms with E-state index < -0.39 is 0 Å². The number of rotatable bonds is 5. The van der Waals surface area contributed by atoms with Crippen LogP contribution in [-0.4, -0.2) is 19.2 Å². The van der Waals surface area contributed by atoms with Crippen LogP contribution in [0.15, 0.2) is 40.9 Å². The molecular formula is C12H13BrO3. The van der Waals surface area contributed by atoms with E-state index in [4.69, 9.17) is 9.47 Å². The summed E-state index contributed by atoms with van der Waals surface area (Å²) in [6.45, 7) is 2.27. The van der Waals surface area contributed by atoms with E-state index in [1.54, 1.807) is 6.92 Å². The monoisotopic (exact) mass is 284 g/mol. The summed E-state index contributed by atoms with van der Waals surface area (Å²) in [4.78, 5) is 12.7. The molecule has 0 aliphatic carbocycles. The second-order valence-corrected chi connectivity index (χ2v) is 3.55. The Morgan fingerprint density at radius 2 is 2.00 bits per heavy atom. The van der Waals surface area contributed by atoms with E-state index in [1.807, 2.05) is 30.3 Å². The molecule has 0 saturated carbocycles. The van der Waals surface area contributed by atoms with Gasteiger partial charge in [-0.3, -0.25) is 0 Å². The fourth-order valence-electron chi connectivity index (χ4n) is 0.969. The highest BCUT2D eigenvalue weighted by atomic mass is 79.9. The van der Waals surface area contributed by atoms with Crippen LogP contribution in [-0.2, 0) is 9.53 Å². The van der Waals surface area contributed by atoms with Gasteiger partial charge in [0.15, 0.2) is 0 Å². The van der Waals surface area contributed by atoms with Crippen molar-refractivity contribution >= 4 is 21.9 Å². The Labute approximate surface area is 103 Å². The van der Waals surface area contributed by atoms with Gasteiger partial charge in [0.05, 0.1) is 0 Å². The fourth-order valence-corrected chi connectivity index (χ4v) is 1.16. The molecule has 16 heavy (non-hydrogen) atoms. The summed E-state index contributed by atoms with van der Waals surface area (Å²) in [6.07, 6.45) is 0. The Bertz CT molecular complexity index is 360. The highest BCUT2D eigenvalue weighted by molar-refractivity contribution is 9.11. The van der Waals surface area contributed by atoms with E-state index in [0.29, 0.717) is 12.2 Å². The van der Waals surface area contributed by atoms with Gasteiger partial charge in [-0.05, 0) is 24.0 Å². The second kappa shape index (κ2) is 7.06. The number of esters is 1. The third kappa shape index (κ3) is 4.49. The molecule has 0 unspecified atom stereocenters. The third-order valence-electron chi connectivity index (χ3n) is 1.81. The fraction of sp³-hybridized carbons (Fsp3) is 0.250. The molecule has 0 fully saturated rings. The van der Waals surface area contributed by atoms with E-state index in [-0.39, 0.29) is 12.6 Å². The maximum Gasteiger partial charge on any atom is 0.334 e. The molecule has 1 rings (SSSR count). The van der Waals surface area contributed by atoms with Crippen molar-refractivity contribution in [2.45, 2.75) is 6.92 Å². The predicted octanol–water partition coefficient (Wildman–Crippen LogP) is 2.91. The molecule has 0 N–H and O–H groups in total. The minimum absolute atomic E-state index is 0.242. The third-order valence-corrected chi connectivity index (χ3v) is 2.50. The predicted molar refractivity (Wildman–Crippen MR) is 65.6 cm³/mol. The van der Waals surface area contributed by atoms with Crippen LogP contribution in [0.1, 0.15) is 6.92 Å². The number of ether oxygens (including phenoxy) is 2. The Morgan fingerprint density at radius 3 is 2.62 bits per heavy atom. The molecule has 1 aromatic rings. The average Bonchev–Trinajstić information content (AvgIpc) is 2.34. The first-order valence-corrected chi connectivity index (χ1v) is 5.77. The molecule has 0 aromatic heterocycles. The van der Waals surface area contributed by atoms with Crippen molar-refractivity contribution in [3.63, 3.8) is 0 Å². The minimum atomic E-state index is -0.339. The van der Waals surface area contributed by atoms with Gasteiger partial charge in [-0.2, -0.15) is 0 Å². The lowest BCUT2D eigenvalue weighted by Gasteiger charge is -2.06. The van der Waals surface area contributed by atoms with Crippen LogP contribution in [0.4, 0.5) is 0 Å². The largest absolute Gasteiger partial charge is 0.490 e. The van der Waals surface area contributed by atoms with Crippen LogP contribution in [0.3, 0.4) is 0 Å². The zero-order valence-corrected chi connectivity index (χ0v) is 10.6. The van der Waals surface area contributed by atoms with Crippen LogP contribution in [0.2, 0.25) is 0 Å². The lowest BCUT2D eigenvalue weighted by molar-refractivity contribution is -0.139. The van der Waals surface area contributed by atoms with Crippen LogP contribution in [0, 0.1) is 0 Å². The number of hydrogen-bond donors (Lipinski definition) is 0. The number of hydrogen-bond acceptors (Lipinski definition) is 3. The first-order chi connectivity index (χ1) is 7.74. The molecule has 0 aliphatic heterocycles. The molecule has 3 nitrogen and oxygen atoms in total. The summed E-state index contributed by atoms with van der Waals surface area (Å²) in [5.74, 6) is 0.430. The summed E-state index contributed by atoms with van der Waals surface area (Å²) in [7, 11) is 0. The Hall–Kier alpha value is -1.29. The normalized spacial score (nSPS) is 11.0. The smallest absolute Gasteiger partial charge is 0.334 e. The van der Waals surface area contributed by atoms with E-state index in [1.165, 1.54) is 4.99 Å². The quantitative estimate of drug-likeness (QED) is 0.474. The number of carbonyl (C=O) groups is 1. The maximum atomic E-state index is 11.2. The molecule has 0 atom stereocenters. The molecule has 0 radical (unpaired) electrons. The van der Waals surface area contributed by atoms with Gasteiger partial charge in [0.2, 0.25) is 0 Å². The van der Waals surface area contributed by atoms with Crippen LogP contribution < -0.4 is 4.74 Å². The molecule has 1 aromatic carbocycles. The molecule has 0 bridgehead atoms. The van der Waals surface area contributed by atoms with Gasteiger partial charge in [0.1, 0.15) is 19.0 Å². The van der Waals surface area contributed by atoms with E-state index in [0.717, 1.165) is 5.75 Å². The number of para-hydroxylation sites is 1. The molecule has 0 heterocycles. The molecule has 4 heteroatoms. The average molecular weight is 285 g/mol. The van der Waals surface area contributed by atoms with Crippen molar-refractivity contribution < 1.29 is 14.3 Å². The van der Waals surface area contributed by atoms with Crippen molar-refractivity contribution in [2.75, 3.05) is 13.2 Å². The Morgan fingerprint density at radius 1 is 1.31 bits per heavy atom. The SMILES string of the molecule is C/C(=C\Br)C(=O)OCCOc1ccccc1. The van der Waals surface area contributed by atoms with Crippen molar-refractivity contribution in [1.29, 1.82) is 0 Å². The summed E-state index contributed by atoms with van der Waals surface area (Å²) < 4.78 is 10.3. The van der Waals surface area contributed by atoms with Crippen LogP contribution >= 0.6 is 15.9 Å². The number of halogens is 1. The highest BCUT2D eigenvalue weighted by Gasteiger charge is 2.04. The van der Waals surface area contributed by atoms with Gasteiger partial charge in [0.25, 0.3) is 0 Å². The van der Waals surface area contributed by atoms with Gasteiger partial charge in [-0.25, -0.2) is 4.79 Å². The summed E-state index contributed by atoms with van der Waals surface area (Å²) in [6, 6.07) is 9.39. The molecule has 86 valence electrons. The number of benzene rings is 1. The molecule has 0 saturated heterocycles. The van der Waals surface area contributed by atoms with E-state index >= 15 is 0 Å². The zero-order chi connectivity index (χ0) is 11.8. The molecule has 0 amide bonds. The lowest BCUT2D eigenvalue weighted by Crippen LogP contribution is -2.12. The number of carbonyl (C=O) groups excluding carboxylic acids is 1. The van der Waals surface area contributed by atoms with Crippen LogP contribution in [0.25, 0.3) is 0 Å². The van der Waals surface area contributed by atoms with E-state index in [9.17, 15) is 4.79 Å². The van der Waals surface area contributed by atoms with Gasteiger partial charge in [-0.1, -0.05) is 34.1 Å². The van der Waals surface area contributed by atoms with Gasteiger partial charge in [-0.15, -0.1) is 0 Å². The van der Waals surface area contributed by atoms with Crippen LogP contribution in [0.5, 0.6) is 5.75 Å². The van der Waals surface area contributed by atoms with Crippen molar-refractivity contribution in [2.24, 2.45) is 0 Å². The zero-order valence-electron chi connectivity index (χ0n) is 8.98. The first-order valence-electron chi connectivity index (χ1n) is 4.86. The molecule has 0 aliphatic rings. The van der Waals surface area contributed by atoms with Gasteiger partial charge >= 0.3 is 5.97 Å². The summed E-state index contributed by atoms with van der Waals surface area (Å²) in [5, 5.41) is 0. The highest BCUT2D eigenvalue weighted by Crippen LogP contribution is 2.07. The second-order valence-electron chi connectivity index (χ2n) is 3.09. The summed E-state index contributed by atoms with van der Waals surface area (Å²) >= 11 is 3.07. The van der Waals surface area contributed by atoms with Gasteiger partial charge in [0, 0.05) is 5.57 Å². The lowest BCUT2D eigenvalue weighted by atomic mass is 10.3. The van der Waals surface area contributed by atoms with Gasteiger partial charge < -0.3 is 9.47 Å². The molecule has 0 spiro atoms. The maximum absolute atomic E-state index is 11.2. The van der Waals surface area contributed by atoms with Crippen molar-refractivity contribution in [3.8, 4) is 5.75 Å². The van der Waals surface area contributed by atoms with E-state index in [2.05, 4.69) is 15.9 Å². The van der Waals surface area contributed by atoms with Crippen molar-refractivity contribution in [3.05, 3.63) is 40.9 Å². The topological polar surface area (TPSA) is 35.5 Å². The Kier molecular flexibility index (Phi) is 5.64. The summed E-state index contributed by atoms with van der Waals surface area (Å²) in [5.41, 5.74) is 0.528. The first kappa shape index (κ1) is 12.8. The van der Waals surface area contributed by atoms with Crippen molar-refractivity contribution in [1.82, 2.24) is 0 Å².